The van der Waals surface area contributed by atoms with Gasteiger partial charge in [0, 0.05) is 24.4 Å². The fourth-order valence-corrected chi connectivity index (χ4v) is 3.48. The molecule has 0 aliphatic heterocycles. The Kier molecular flexibility index (Phi) is 5.81. The van der Waals surface area contributed by atoms with E-state index in [-0.39, 0.29) is 0 Å². The predicted octanol–water partition coefficient (Wildman–Crippen LogP) is 4.23. The van der Waals surface area contributed by atoms with Crippen LogP contribution in [0.4, 0.5) is 0 Å². The third-order valence-corrected chi connectivity index (χ3v) is 4.86. The summed E-state index contributed by atoms with van der Waals surface area (Å²) >= 11 is 0. The van der Waals surface area contributed by atoms with E-state index in [0.29, 0.717) is 30.9 Å². The summed E-state index contributed by atoms with van der Waals surface area (Å²) in [7, 11) is 0. The molecule has 2 aromatic heterocycles. The van der Waals surface area contributed by atoms with E-state index in [4.69, 9.17) is 9.84 Å². The first kappa shape index (κ1) is 16.9. The Morgan fingerprint density at radius 2 is 2.04 bits per heavy atom. The molecule has 1 aliphatic rings. The Labute approximate surface area is 143 Å². The van der Waals surface area contributed by atoms with E-state index in [1.807, 2.05) is 31.3 Å². The van der Waals surface area contributed by atoms with Crippen LogP contribution in [0.5, 0.6) is 5.88 Å². The molecule has 1 aliphatic carbocycles. The highest BCUT2D eigenvalue weighted by Gasteiger charge is 2.18. The van der Waals surface area contributed by atoms with Gasteiger partial charge in [-0.15, -0.1) is 0 Å². The highest BCUT2D eigenvalue weighted by molar-refractivity contribution is 5.84. The first-order chi connectivity index (χ1) is 11.8. The van der Waals surface area contributed by atoms with Gasteiger partial charge in [0.15, 0.2) is 0 Å². The van der Waals surface area contributed by atoms with Gasteiger partial charge in [-0.25, -0.2) is 4.98 Å². The van der Waals surface area contributed by atoms with Gasteiger partial charge >= 0.3 is 0 Å². The quantitative estimate of drug-likeness (QED) is 0.863. The number of hydrogen-bond acceptors (Lipinski definition) is 4. The van der Waals surface area contributed by atoms with Crippen molar-refractivity contribution in [2.45, 2.75) is 39.0 Å². The first-order valence-electron chi connectivity index (χ1n) is 8.97. The van der Waals surface area contributed by atoms with Crippen molar-refractivity contribution < 1.29 is 9.84 Å². The molecule has 1 fully saturated rings. The van der Waals surface area contributed by atoms with Gasteiger partial charge < -0.3 is 9.84 Å². The number of fused-ring (bicyclic) bond motifs is 1. The zero-order chi connectivity index (χ0) is 16.8. The van der Waals surface area contributed by atoms with E-state index in [9.17, 15) is 0 Å². The molecule has 2 aromatic rings. The van der Waals surface area contributed by atoms with Gasteiger partial charge in [-0.1, -0.05) is 12.2 Å². The van der Waals surface area contributed by atoms with Crippen LogP contribution in [0.1, 0.15) is 44.6 Å². The SMILES string of the molecule is CCOc1ccc2nccc(/C=C/C3CCC(CCO)CC3)c2n1. The Hall–Kier alpha value is -1.94. The number of nitrogens with zero attached hydrogens (tertiary/aromatic N) is 2. The molecule has 1 saturated carbocycles. The molecular formula is C20H26N2O2. The second-order valence-corrected chi connectivity index (χ2v) is 6.50. The van der Waals surface area contributed by atoms with Crippen molar-refractivity contribution in [1.29, 1.82) is 0 Å². The molecule has 0 bridgehead atoms. The topological polar surface area (TPSA) is 55.2 Å². The van der Waals surface area contributed by atoms with Gasteiger partial charge in [0.25, 0.3) is 0 Å². The molecule has 0 unspecified atom stereocenters. The van der Waals surface area contributed by atoms with E-state index in [2.05, 4.69) is 22.1 Å². The van der Waals surface area contributed by atoms with Gasteiger partial charge in [-0.05, 0) is 63.0 Å². The maximum Gasteiger partial charge on any atom is 0.213 e. The molecule has 0 amide bonds. The molecule has 0 saturated heterocycles. The molecule has 0 spiro atoms. The van der Waals surface area contributed by atoms with Crippen molar-refractivity contribution in [2.24, 2.45) is 11.8 Å². The molecule has 2 heterocycles. The zero-order valence-corrected chi connectivity index (χ0v) is 14.3. The van der Waals surface area contributed by atoms with Crippen LogP contribution in [-0.2, 0) is 0 Å². The average Bonchev–Trinajstić information content (AvgIpc) is 2.62. The number of pyridine rings is 2. The molecule has 4 nitrogen and oxygen atoms in total. The van der Waals surface area contributed by atoms with Gasteiger partial charge in [0.05, 0.1) is 17.6 Å². The maximum atomic E-state index is 9.06. The summed E-state index contributed by atoms with van der Waals surface area (Å²) in [5, 5.41) is 9.06. The summed E-state index contributed by atoms with van der Waals surface area (Å²) in [5.74, 6) is 1.98. The lowest BCUT2D eigenvalue weighted by Gasteiger charge is -2.26. The largest absolute Gasteiger partial charge is 0.478 e. The summed E-state index contributed by atoms with van der Waals surface area (Å²) < 4.78 is 5.51. The van der Waals surface area contributed by atoms with Crippen LogP contribution in [0.3, 0.4) is 0 Å². The number of rotatable bonds is 6. The van der Waals surface area contributed by atoms with Gasteiger partial charge in [-0.3, -0.25) is 4.98 Å². The molecular weight excluding hydrogens is 300 g/mol. The van der Waals surface area contributed by atoms with Gasteiger partial charge in [-0.2, -0.15) is 0 Å². The van der Waals surface area contributed by atoms with Crippen molar-refractivity contribution in [3.05, 3.63) is 36.0 Å². The average molecular weight is 326 g/mol. The molecule has 0 radical (unpaired) electrons. The molecule has 24 heavy (non-hydrogen) atoms. The van der Waals surface area contributed by atoms with E-state index in [1.54, 1.807) is 0 Å². The summed E-state index contributed by atoms with van der Waals surface area (Å²) in [4.78, 5) is 8.99. The van der Waals surface area contributed by atoms with E-state index < -0.39 is 0 Å². The van der Waals surface area contributed by atoms with E-state index in [0.717, 1.165) is 23.0 Å². The third kappa shape index (κ3) is 4.12. The van der Waals surface area contributed by atoms with E-state index >= 15 is 0 Å². The summed E-state index contributed by atoms with van der Waals surface area (Å²) in [6.07, 6.45) is 12.2. The number of aliphatic hydroxyl groups excluding tert-OH is 1. The molecule has 0 atom stereocenters. The van der Waals surface area contributed by atoms with Crippen molar-refractivity contribution >= 4 is 17.1 Å². The molecule has 1 N–H and O–H groups in total. The predicted molar refractivity (Wildman–Crippen MR) is 96.9 cm³/mol. The van der Waals surface area contributed by atoms with Crippen LogP contribution in [0.15, 0.2) is 30.5 Å². The van der Waals surface area contributed by atoms with Crippen LogP contribution in [-0.4, -0.2) is 28.3 Å². The van der Waals surface area contributed by atoms with Crippen molar-refractivity contribution in [3.63, 3.8) is 0 Å². The number of hydrogen-bond donors (Lipinski definition) is 1. The fourth-order valence-electron chi connectivity index (χ4n) is 3.48. The lowest BCUT2D eigenvalue weighted by atomic mass is 9.80. The molecule has 3 rings (SSSR count). The van der Waals surface area contributed by atoms with Crippen LogP contribution in [0.25, 0.3) is 17.1 Å². The second-order valence-electron chi connectivity index (χ2n) is 6.50. The molecule has 4 heteroatoms. The number of aliphatic hydroxyl groups is 1. The van der Waals surface area contributed by atoms with Crippen LogP contribution < -0.4 is 4.74 Å². The Morgan fingerprint density at radius 3 is 2.79 bits per heavy atom. The minimum absolute atomic E-state index is 0.321. The lowest BCUT2D eigenvalue weighted by molar-refractivity contribution is 0.218. The Balaban J connectivity index is 1.73. The minimum Gasteiger partial charge on any atom is -0.478 e. The number of aromatic nitrogens is 2. The van der Waals surface area contributed by atoms with E-state index in [1.165, 1.54) is 25.7 Å². The summed E-state index contributed by atoms with van der Waals surface area (Å²) in [5.41, 5.74) is 2.89. The fraction of sp³-hybridized carbons (Fsp3) is 0.500. The maximum absolute atomic E-state index is 9.06. The van der Waals surface area contributed by atoms with Gasteiger partial charge in [0.2, 0.25) is 5.88 Å². The minimum atomic E-state index is 0.321. The molecule has 0 aromatic carbocycles. The Morgan fingerprint density at radius 1 is 1.21 bits per heavy atom. The van der Waals surface area contributed by atoms with Crippen molar-refractivity contribution in [3.8, 4) is 5.88 Å². The third-order valence-electron chi connectivity index (χ3n) is 4.86. The van der Waals surface area contributed by atoms with Crippen LogP contribution in [0.2, 0.25) is 0 Å². The normalized spacial score (nSPS) is 21.4. The van der Waals surface area contributed by atoms with Gasteiger partial charge in [0.1, 0.15) is 0 Å². The lowest BCUT2D eigenvalue weighted by Crippen LogP contribution is -2.14. The monoisotopic (exact) mass is 326 g/mol. The second kappa shape index (κ2) is 8.25. The summed E-state index contributed by atoms with van der Waals surface area (Å²) in [6.45, 7) is 2.89. The first-order valence-corrected chi connectivity index (χ1v) is 8.97. The summed E-state index contributed by atoms with van der Waals surface area (Å²) in [6, 6.07) is 5.85. The van der Waals surface area contributed by atoms with Crippen LogP contribution in [0, 0.1) is 11.8 Å². The number of ether oxygens (including phenoxy) is 1. The van der Waals surface area contributed by atoms with Crippen molar-refractivity contribution in [1.82, 2.24) is 9.97 Å². The smallest absolute Gasteiger partial charge is 0.213 e. The van der Waals surface area contributed by atoms with Crippen molar-refractivity contribution in [2.75, 3.05) is 13.2 Å². The highest BCUT2D eigenvalue weighted by atomic mass is 16.5. The number of allylic oxidation sites excluding steroid dienone is 1. The highest BCUT2D eigenvalue weighted by Crippen LogP contribution is 2.32. The Bertz CT molecular complexity index is 691. The standard InChI is InChI=1S/C20H26N2O2/c1-2-24-19-10-9-18-20(22-19)17(11-13-21-18)8-7-15-3-5-16(6-4-15)12-14-23/h7-11,13,15-16,23H,2-6,12,14H2,1H3/b8-7+. The zero-order valence-electron chi connectivity index (χ0n) is 14.3. The van der Waals surface area contributed by atoms with Crippen LogP contribution >= 0.6 is 0 Å². The molecule has 128 valence electrons.